The summed E-state index contributed by atoms with van der Waals surface area (Å²) < 4.78 is 9.14. The van der Waals surface area contributed by atoms with Crippen LogP contribution >= 0.6 is 0 Å². The predicted octanol–water partition coefficient (Wildman–Crippen LogP) is 2.23. The van der Waals surface area contributed by atoms with E-state index in [1.54, 1.807) is 24.2 Å². The number of nitrogens with one attached hydrogen (secondary N) is 1. The average molecular weight is 394 g/mol. The topological polar surface area (TPSA) is 86.9 Å². The normalized spacial score (nSPS) is 13.6. The molecule has 0 unspecified atom stereocenters. The van der Waals surface area contributed by atoms with E-state index in [1.165, 1.54) is 12.8 Å². The highest BCUT2D eigenvalue weighted by atomic mass is 16.5. The molecule has 1 aliphatic heterocycles. The van der Waals surface area contributed by atoms with Crippen molar-refractivity contribution in [2.45, 2.75) is 45.2 Å². The van der Waals surface area contributed by atoms with E-state index in [2.05, 4.69) is 25.2 Å². The van der Waals surface area contributed by atoms with Crippen molar-refractivity contribution >= 4 is 5.91 Å². The van der Waals surface area contributed by atoms with Gasteiger partial charge in [0.1, 0.15) is 17.4 Å². The van der Waals surface area contributed by atoms with Crippen LogP contribution in [0.25, 0.3) is 0 Å². The summed E-state index contributed by atoms with van der Waals surface area (Å²) in [4.78, 5) is 12.4. The molecule has 0 bridgehead atoms. The van der Waals surface area contributed by atoms with Gasteiger partial charge in [0.2, 0.25) is 0 Å². The first-order chi connectivity index (χ1) is 14.2. The van der Waals surface area contributed by atoms with Crippen molar-refractivity contribution in [3.05, 3.63) is 59.4 Å². The number of amides is 1. The average Bonchev–Trinajstić information content (AvgIpc) is 3.29. The van der Waals surface area contributed by atoms with E-state index in [4.69, 9.17) is 4.74 Å². The zero-order chi connectivity index (χ0) is 20.1. The molecule has 2 aromatic heterocycles. The molecule has 1 aromatic carbocycles. The standard InChI is InChI=1S/C21H26N6O2/c1-29-18-8-6-16(7-9-18)14-26-15-17(13-23-26)21(28)22-11-10-20-25-24-19-5-3-2-4-12-27(19)20/h6-9,13,15H,2-5,10-12,14H2,1H3,(H,22,28). The van der Waals surface area contributed by atoms with Crippen molar-refractivity contribution in [2.75, 3.05) is 13.7 Å². The number of methoxy groups -OCH3 is 1. The number of aromatic nitrogens is 5. The van der Waals surface area contributed by atoms with Crippen molar-refractivity contribution in [1.29, 1.82) is 0 Å². The Morgan fingerprint density at radius 2 is 2.03 bits per heavy atom. The molecule has 8 heteroatoms. The van der Waals surface area contributed by atoms with Gasteiger partial charge in [-0.1, -0.05) is 18.6 Å². The monoisotopic (exact) mass is 394 g/mol. The molecule has 152 valence electrons. The third-order valence-corrected chi connectivity index (χ3v) is 5.22. The van der Waals surface area contributed by atoms with Crippen molar-refractivity contribution in [3.8, 4) is 5.75 Å². The second-order valence-electron chi connectivity index (χ2n) is 7.28. The summed E-state index contributed by atoms with van der Waals surface area (Å²) >= 11 is 0. The maximum atomic E-state index is 12.4. The lowest BCUT2D eigenvalue weighted by Crippen LogP contribution is -2.26. The number of carbonyl (C=O) groups is 1. The van der Waals surface area contributed by atoms with Gasteiger partial charge in [-0.15, -0.1) is 10.2 Å². The van der Waals surface area contributed by atoms with E-state index >= 15 is 0 Å². The van der Waals surface area contributed by atoms with E-state index < -0.39 is 0 Å². The van der Waals surface area contributed by atoms with Crippen LogP contribution in [0.4, 0.5) is 0 Å². The fourth-order valence-electron chi connectivity index (χ4n) is 3.61. The molecule has 0 spiro atoms. The highest BCUT2D eigenvalue weighted by molar-refractivity contribution is 5.93. The van der Waals surface area contributed by atoms with Crippen LogP contribution in [0.15, 0.2) is 36.7 Å². The first-order valence-corrected chi connectivity index (χ1v) is 10.1. The number of rotatable bonds is 7. The molecular weight excluding hydrogens is 368 g/mol. The van der Waals surface area contributed by atoms with Gasteiger partial charge in [0.15, 0.2) is 0 Å². The lowest BCUT2D eigenvalue weighted by Gasteiger charge is -2.07. The molecule has 1 N–H and O–H groups in total. The Labute approximate surface area is 169 Å². The molecule has 8 nitrogen and oxygen atoms in total. The van der Waals surface area contributed by atoms with Crippen molar-refractivity contribution in [1.82, 2.24) is 29.9 Å². The Balaban J connectivity index is 1.30. The lowest BCUT2D eigenvalue weighted by molar-refractivity contribution is 0.0954. The fourth-order valence-corrected chi connectivity index (χ4v) is 3.61. The Kier molecular flexibility index (Phi) is 5.88. The number of hydrogen-bond donors (Lipinski definition) is 1. The Morgan fingerprint density at radius 3 is 2.86 bits per heavy atom. The third-order valence-electron chi connectivity index (χ3n) is 5.22. The number of nitrogens with zero attached hydrogens (tertiary/aromatic N) is 5. The highest BCUT2D eigenvalue weighted by Crippen LogP contribution is 2.15. The number of benzene rings is 1. The fraction of sp³-hybridized carbons (Fsp3) is 0.429. The third kappa shape index (κ3) is 4.64. The van der Waals surface area contributed by atoms with Gasteiger partial charge in [-0.05, 0) is 30.5 Å². The number of carbonyl (C=O) groups excluding carboxylic acids is 1. The SMILES string of the molecule is COc1ccc(Cn2cc(C(=O)NCCc3nnc4n3CCCCC4)cn2)cc1. The Hall–Kier alpha value is -3.16. The highest BCUT2D eigenvalue weighted by Gasteiger charge is 2.15. The van der Waals surface area contributed by atoms with Crippen molar-refractivity contribution in [2.24, 2.45) is 0 Å². The Morgan fingerprint density at radius 1 is 1.17 bits per heavy atom. The van der Waals surface area contributed by atoms with E-state index in [0.29, 0.717) is 25.1 Å². The molecule has 3 heterocycles. The van der Waals surface area contributed by atoms with E-state index in [-0.39, 0.29) is 5.91 Å². The van der Waals surface area contributed by atoms with Gasteiger partial charge in [0.05, 0.1) is 25.4 Å². The van der Waals surface area contributed by atoms with Crippen LogP contribution in [-0.2, 0) is 25.9 Å². The smallest absolute Gasteiger partial charge is 0.254 e. The van der Waals surface area contributed by atoms with Crippen LogP contribution in [0, 0.1) is 0 Å². The van der Waals surface area contributed by atoms with Crippen molar-refractivity contribution in [3.63, 3.8) is 0 Å². The van der Waals surface area contributed by atoms with Crippen LogP contribution in [0.1, 0.15) is 46.8 Å². The predicted molar refractivity (Wildman–Crippen MR) is 108 cm³/mol. The van der Waals surface area contributed by atoms with Gasteiger partial charge in [-0.3, -0.25) is 9.48 Å². The molecule has 3 aromatic rings. The van der Waals surface area contributed by atoms with Crippen LogP contribution in [-0.4, -0.2) is 44.1 Å². The Bertz CT molecular complexity index is 960. The molecule has 1 amide bonds. The quantitative estimate of drug-likeness (QED) is 0.664. The first-order valence-electron chi connectivity index (χ1n) is 10.1. The number of ether oxygens (including phenoxy) is 1. The van der Waals surface area contributed by atoms with Gasteiger partial charge in [-0.25, -0.2) is 0 Å². The molecule has 0 aliphatic carbocycles. The zero-order valence-electron chi connectivity index (χ0n) is 16.7. The summed E-state index contributed by atoms with van der Waals surface area (Å²) in [5.41, 5.74) is 1.65. The zero-order valence-corrected chi connectivity index (χ0v) is 16.7. The van der Waals surface area contributed by atoms with Crippen molar-refractivity contribution < 1.29 is 9.53 Å². The molecule has 4 rings (SSSR count). The second-order valence-corrected chi connectivity index (χ2v) is 7.28. The van der Waals surface area contributed by atoms with Gasteiger partial charge in [0, 0.05) is 32.1 Å². The molecule has 0 fully saturated rings. The second kappa shape index (κ2) is 8.89. The molecule has 1 aliphatic rings. The summed E-state index contributed by atoms with van der Waals surface area (Å²) in [5.74, 6) is 2.72. The maximum absolute atomic E-state index is 12.4. The van der Waals surface area contributed by atoms with Crippen LogP contribution in [0.2, 0.25) is 0 Å². The maximum Gasteiger partial charge on any atom is 0.254 e. The molecule has 0 atom stereocenters. The van der Waals surface area contributed by atoms with Gasteiger partial charge < -0.3 is 14.6 Å². The summed E-state index contributed by atoms with van der Waals surface area (Å²) in [7, 11) is 1.65. The number of aryl methyl sites for hydroxylation is 1. The van der Waals surface area contributed by atoms with Gasteiger partial charge >= 0.3 is 0 Å². The minimum absolute atomic E-state index is 0.124. The summed E-state index contributed by atoms with van der Waals surface area (Å²) in [6, 6.07) is 7.80. The van der Waals surface area contributed by atoms with Crippen LogP contribution in [0.5, 0.6) is 5.75 Å². The number of fused-ring (bicyclic) bond motifs is 1. The molecule has 0 saturated carbocycles. The van der Waals surface area contributed by atoms with Gasteiger partial charge in [0.25, 0.3) is 5.91 Å². The van der Waals surface area contributed by atoms with Crippen LogP contribution < -0.4 is 10.1 Å². The minimum atomic E-state index is -0.124. The molecular formula is C21H26N6O2. The molecule has 0 saturated heterocycles. The summed E-state index contributed by atoms with van der Waals surface area (Å²) in [5, 5.41) is 15.9. The van der Waals surface area contributed by atoms with E-state index in [9.17, 15) is 4.79 Å². The van der Waals surface area contributed by atoms with E-state index in [0.717, 1.165) is 42.3 Å². The summed E-state index contributed by atoms with van der Waals surface area (Å²) in [6.45, 7) is 2.10. The minimum Gasteiger partial charge on any atom is -0.497 e. The molecule has 29 heavy (non-hydrogen) atoms. The van der Waals surface area contributed by atoms with Crippen LogP contribution in [0.3, 0.4) is 0 Å². The summed E-state index contributed by atoms with van der Waals surface area (Å²) in [6.07, 6.45) is 8.61. The largest absolute Gasteiger partial charge is 0.497 e. The van der Waals surface area contributed by atoms with Gasteiger partial charge in [-0.2, -0.15) is 5.10 Å². The number of hydrogen-bond acceptors (Lipinski definition) is 5. The first kappa shape index (κ1) is 19.2. The lowest BCUT2D eigenvalue weighted by atomic mass is 10.2. The molecule has 0 radical (unpaired) electrons. The van der Waals surface area contributed by atoms with E-state index in [1.807, 2.05) is 24.3 Å².